The van der Waals surface area contributed by atoms with Gasteiger partial charge in [0.1, 0.15) is 31.0 Å². The van der Waals surface area contributed by atoms with Gasteiger partial charge in [-0.05, 0) is 38.1 Å². The summed E-state index contributed by atoms with van der Waals surface area (Å²) in [6.07, 6.45) is 4.05. The molecule has 2 rings (SSSR count). The van der Waals surface area contributed by atoms with Crippen LogP contribution >= 0.6 is 0 Å². The number of ether oxygens (including phenoxy) is 1. The third kappa shape index (κ3) is 7.00. The van der Waals surface area contributed by atoms with Gasteiger partial charge in [-0.1, -0.05) is 38.3 Å². The van der Waals surface area contributed by atoms with Gasteiger partial charge in [-0.25, -0.2) is 0 Å². The normalized spacial score (nSPS) is 17.0. The van der Waals surface area contributed by atoms with E-state index in [-0.39, 0.29) is 6.61 Å². The Bertz CT molecular complexity index is 726. The van der Waals surface area contributed by atoms with Crippen molar-refractivity contribution in [3.8, 4) is 5.75 Å². The maximum absolute atomic E-state index is 13.0. The van der Waals surface area contributed by atoms with Gasteiger partial charge in [0.25, 0.3) is 0 Å². The molecule has 0 aliphatic carbocycles. The molecule has 2 atom stereocenters. The minimum atomic E-state index is -1.16. The number of fused-ring (bicyclic) bond motifs is 1. The Morgan fingerprint density at radius 1 is 1.20 bits per heavy atom. The van der Waals surface area contributed by atoms with E-state index in [1.54, 1.807) is 24.3 Å². The van der Waals surface area contributed by atoms with E-state index in [1.165, 1.54) is 0 Å². The van der Waals surface area contributed by atoms with Crippen LogP contribution in [0.1, 0.15) is 39.0 Å². The highest BCUT2D eigenvalue weighted by Crippen LogP contribution is 2.31. The number of benzene rings is 1. The number of nitrogens with zero attached hydrogens (tertiary/aromatic N) is 1. The zero-order chi connectivity index (χ0) is 21.9. The molecule has 0 saturated heterocycles. The summed E-state index contributed by atoms with van der Waals surface area (Å²) in [6, 6.07) is 4.82. The molecule has 4 N–H and O–H groups in total. The number of carboxylic acid groups (broad SMARTS) is 2. The van der Waals surface area contributed by atoms with Crippen LogP contribution in [0.5, 0.6) is 5.75 Å². The van der Waals surface area contributed by atoms with Crippen molar-refractivity contribution in [2.45, 2.75) is 51.1 Å². The molecule has 1 aliphatic rings. The molecule has 0 fully saturated rings. The van der Waals surface area contributed by atoms with Crippen molar-refractivity contribution in [3.63, 3.8) is 0 Å². The third-order valence-electron chi connectivity index (χ3n) is 4.97. The van der Waals surface area contributed by atoms with Gasteiger partial charge in [0.15, 0.2) is 0 Å². The van der Waals surface area contributed by atoms with Crippen LogP contribution in [-0.4, -0.2) is 66.4 Å². The van der Waals surface area contributed by atoms with Crippen LogP contribution in [0.15, 0.2) is 24.3 Å². The zero-order valence-corrected chi connectivity index (χ0v) is 17.3. The lowest BCUT2D eigenvalue weighted by Crippen LogP contribution is -2.54. The average Bonchev–Trinajstić information content (AvgIpc) is 2.84. The summed E-state index contributed by atoms with van der Waals surface area (Å²) in [6.45, 7) is 3.34. The van der Waals surface area contributed by atoms with Crippen molar-refractivity contribution in [1.82, 2.24) is 10.6 Å². The van der Waals surface area contributed by atoms with E-state index < -0.39 is 36.5 Å². The topological polar surface area (TPSA) is 128 Å². The standard InChI is InChI=1S/C21H31N3O6/c1-2-22-12-8-4-3-5-9-15(21(28)29)23-16-14-30-18-11-7-6-10-17(18)24(20(16)27)13-19(25)26/h6-7,10-11,15-16,22-23H,2-5,8-9,12-14H2,1H3,(H,25,26)(H,28,29)/t15-,16?/m0/s1. The van der Waals surface area contributed by atoms with Crippen LogP contribution in [0, 0.1) is 0 Å². The summed E-state index contributed by atoms with van der Waals surface area (Å²) in [5.74, 6) is -2.32. The third-order valence-corrected chi connectivity index (χ3v) is 4.97. The molecule has 1 amide bonds. The minimum Gasteiger partial charge on any atom is -0.489 e. The molecule has 0 spiro atoms. The van der Waals surface area contributed by atoms with E-state index >= 15 is 0 Å². The van der Waals surface area contributed by atoms with E-state index in [4.69, 9.17) is 4.74 Å². The molecule has 0 radical (unpaired) electrons. The molecule has 1 aromatic carbocycles. The number of amides is 1. The minimum absolute atomic E-state index is 0.0710. The largest absolute Gasteiger partial charge is 0.489 e. The molecule has 0 aromatic heterocycles. The first-order valence-corrected chi connectivity index (χ1v) is 10.4. The number of hydrogen-bond donors (Lipinski definition) is 4. The first-order chi connectivity index (χ1) is 14.4. The molecule has 9 heteroatoms. The maximum Gasteiger partial charge on any atom is 0.323 e. The van der Waals surface area contributed by atoms with Crippen molar-refractivity contribution in [1.29, 1.82) is 0 Å². The fraction of sp³-hybridized carbons (Fsp3) is 0.571. The summed E-state index contributed by atoms with van der Waals surface area (Å²) < 4.78 is 5.69. The molecule has 166 valence electrons. The highest BCUT2D eigenvalue weighted by atomic mass is 16.5. The highest BCUT2D eigenvalue weighted by molar-refractivity contribution is 6.02. The van der Waals surface area contributed by atoms with Gasteiger partial charge < -0.3 is 20.3 Å². The Morgan fingerprint density at radius 3 is 2.63 bits per heavy atom. The molecule has 9 nitrogen and oxygen atoms in total. The Morgan fingerprint density at radius 2 is 1.93 bits per heavy atom. The molecule has 1 unspecified atom stereocenters. The Balaban J connectivity index is 1.99. The number of carbonyl (C=O) groups excluding carboxylic acids is 1. The van der Waals surface area contributed by atoms with Gasteiger partial charge in [0.05, 0.1) is 5.69 Å². The molecule has 1 aliphatic heterocycles. The summed E-state index contributed by atoms with van der Waals surface area (Å²) in [5.41, 5.74) is 0.363. The number of rotatable bonds is 13. The molecule has 1 aromatic rings. The predicted octanol–water partition coefficient (Wildman–Crippen LogP) is 1.47. The van der Waals surface area contributed by atoms with Crippen molar-refractivity contribution in [3.05, 3.63) is 24.3 Å². The van der Waals surface area contributed by atoms with Gasteiger partial charge in [-0.3, -0.25) is 24.6 Å². The molecule has 30 heavy (non-hydrogen) atoms. The van der Waals surface area contributed by atoms with Gasteiger partial charge in [0, 0.05) is 0 Å². The van der Waals surface area contributed by atoms with Crippen LogP contribution in [0.2, 0.25) is 0 Å². The first kappa shape index (κ1) is 23.6. The highest BCUT2D eigenvalue weighted by Gasteiger charge is 2.35. The zero-order valence-electron chi connectivity index (χ0n) is 17.3. The quantitative estimate of drug-likeness (QED) is 0.353. The van der Waals surface area contributed by atoms with E-state index in [9.17, 15) is 24.6 Å². The Hall–Kier alpha value is -2.65. The summed E-state index contributed by atoms with van der Waals surface area (Å²) in [7, 11) is 0. The number of nitrogens with one attached hydrogen (secondary N) is 2. The molecule has 1 heterocycles. The number of unbranched alkanes of at least 4 members (excludes halogenated alkanes) is 3. The molecular formula is C21H31N3O6. The van der Waals surface area contributed by atoms with Crippen LogP contribution in [0.25, 0.3) is 0 Å². The Kier molecular flexibility index (Phi) is 9.56. The van der Waals surface area contributed by atoms with Gasteiger partial charge in [-0.15, -0.1) is 0 Å². The number of para-hydroxylation sites is 2. The Labute approximate surface area is 176 Å². The van der Waals surface area contributed by atoms with Crippen molar-refractivity contribution in [2.24, 2.45) is 0 Å². The van der Waals surface area contributed by atoms with E-state index in [1.807, 2.05) is 0 Å². The van der Waals surface area contributed by atoms with Crippen LogP contribution in [0.4, 0.5) is 5.69 Å². The van der Waals surface area contributed by atoms with Crippen molar-refractivity contribution in [2.75, 3.05) is 31.1 Å². The maximum atomic E-state index is 13.0. The number of carboxylic acids is 2. The van der Waals surface area contributed by atoms with E-state index in [2.05, 4.69) is 17.6 Å². The lowest BCUT2D eigenvalue weighted by molar-refractivity contribution is -0.141. The van der Waals surface area contributed by atoms with Gasteiger partial charge in [-0.2, -0.15) is 0 Å². The van der Waals surface area contributed by atoms with Crippen molar-refractivity contribution < 1.29 is 29.3 Å². The number of carbonyl (C=O) groups is 3. The monoisotopic (exact) mass is 421 g/mol. The second-order valence-corrected chi connectivity index (χ2v) is 7.26. The van der Waals surface area contributed by atoms with Crippen molar-refractivity contribution >= 4 is 23.5 Å². The fourth-order valence-corrected chi connectivity index (χ4v) is 3.42. The SMILES string of the molecule is CCNCCCCCC[C@H](NC1COc2ccccc2N(CC(=O)O)C1=O)C(=O)O. The lowest BCUT2D eigenvalue weighted by atomic mass is 10.1. The second kappa shape index (κ2) is 12.1. The van der Waals surface area contributed by atoms with E-state index in [0.717, 1.165) is 43.7 Å². The molecule has 0 saturated carbocycles. The van der Waals surface area contributed by atoms with Crippen LogP contribution in [-0.2, 0) is 14.4 Å². The van der Waals surface area contributed by atoms with Crippen LogP contribution in [0.3, 0.4) is 0 Å². The van der Waals surface area contributed by atoms with Gasteiger partial charge >= 0.3 is 11.9 Å². The predicted molar refractivity (Wildman–Crippen MR) is 112 cm³/mol. The van der Waals surface area contributed by atoms with Crippen LogP contribution < -0.4 is 20.3 Å². The number of aliphatic carboxylic acids is 2. The molecule has 0 bridgehead atoms. The summed E-state index contributed by atoms with van der Waals surface area (Å²) in [4.78, 5) is 37.1. The first-order valence-electron chi connectivity index (χ1n) is 10.4. The average molecular weight is 421 g/mol. The van der Waals surface area contributed by atoms with E-state index in [0.29, 0.717) is 17.9 Å². The van der Waals surface area contributed by atoms with Gasteiger partial charge in [0.2, 0.25) is 5.91 Å². The summed E-state index contributed by atoms with van der Waals surface area (Å²) >= 11 is 0. The smallest absolute Gasteiger partial charge is 0.323 e. The number of hydrogen-bond acceptors (Lipinski definition) is 6. The fourth-order valence-electron chi connectivity index (χ4n) is 3.42. The summed E-state index contributed by atoms with van der Waals surface area (Å²) in [5, 5.41) is 24.9. The lowest BCUT2D eigenvalue weighted by Gasteiger charge is -2.25. The second-order valence-electron chi connectivity index (χ2n) is 7.26. The molecular weight excluding hydrogens is 390 g/mol. The number of anilines is 1.